The summed E-state index contributed by atoms with van der Waals surface area (Å²) in [6, 6.07) is 0. The standard InChI is InChI=1S/2C2H5N2O.2CHO2.3CH4.Y/c2*3-1-4-2-5;2*2-1-3;;;;/h2*1,3H2,(H,4,5);2*(H,2,3);3*1H4;/q4*-1;;;;. The van der Waals surface area contributed by atoms with Gasteiger partial charge in [-0.3, -0.25) is 0 Å². The van der Waals surface area contributed by atoms with Gasteiger partial charge < -0.3 is 51.5 Å². The first kappa shape index (κ1) is 51.0. The fourth-order valence-corrected chi connectivity index (χ4v) is 0.0833. The van der Waals surface area contributed by atoms with Crippen LogP contribution in [0, 0.1) is 0 Å². The summed E-state index contributed by atoms with van der Waals surface area (Å²) < 4.78 is 0. The van der Waals surface area contributed by atoms with Crippen LogP contribution < -0.4 is 22.1 Å². The van der Waals surface area contributed by atoms with E-state index in [0.717, 1.165) is 0 Å². The predicted octanol–water partition coefficient (Wildman–Crippen LogP) is -1.75. The Morgan fingerprint density at radius 3 is 0.900 bits per heavy atom. The molecule has 0 bridgehead atoms. The Morgan fingerprint density at radius 1 is 0.750 bits per heavy atom. The Hall–Kier alpha value is -1.10. The van der Waals surface area contributed by atoms with Gasteiger partial charge in [0.05, 0.1) is 0 Å². The van der Waals surface area contributed by atoms with Crippen molar-refractivity contribution in [3.8, 4) is 0 Å². The van der Waals surface area contributed by atoms with E-state index in [-0.39, 0.29) is 68.3 Å². The molecule has 8 N–H and O–H groups in total. The molecule has 0 unspecified atom stereocenters. The van der Waals surface area contributed by atoms with Gasteiger partial charge in [-0.05, 0) is 0 Å². The zero-order valence-corrected chi connectivity index (χ0v) is 11.5. The van der Waals surface area contributed by atoms with E-state index in [1.165, 1.54) is 12.8 Å². The molecule has 0 heterocycles. The van der Waals surface area contributed by atoms with Gasteiger partial charge in [0, 0.05) is 46.0 Å². The number of nitrogens with two attached hydrogens (primary N) is 2. The van der Waals surface area contributed by atoms with Crippen molar-refractivity contribution in [2.24, 2.45) is 11.5 Å². The molecule has 0 spiro atoms. The molecule has 123 valence electrons. The molecule has 0 aliphatic carbocycles. The molecule has 10 nitrogen and oxygen atoms in total. The summed E-state index contributed by atoms with van der Waals surface area (Å²) in [5.74, 6) is 0. The Morgan fingerprint density at radius 2 is 0.900 bits per heavy atom. The maximum absolute atomic E-state index is 9.09. The van der Waals surface area contributed by atoms with E-state index in [0.29, 0.717) is 12.9 Å². The third kappa shape index (κ3) is 507. The molecule has 0 saturated carbocycles. The molecule has 0 aromatic carbocycles. The first-order chi connectivity index (χ1) is 7.66. The fraction of sp³-hybridized carbons (Fsp3) is 0.556. The van der Waals surface area contributed by atoms with Crippen molar-refractivity contribution in [2.45, 2.75) is 22.3 Å². The average Bonchev–Trinajstić information content (AvgIpc) is 2.23. The molecule has 11 heteroatoms. The third-order valence-corrected chi connectivity index (χ3v) is 0.348. The Labute approximate surface area is 145 Å². The van der Waals surface area contributed by atoms with Gasteiger partial charge in [0.2, 0.25) is 0 Å². The van der Waals surface area contributed by atoms with E-state index in [1.807, 2.05) is 0 Å². The number of hydrogen-bond donors (Lipinski definition) is 6. The van der Waals surface area contributed by atoms with Gasteiger partial charge in [-0.1, -0.05) is 35.2 Å². The molecule has 20 heavy (non-hydrogen) atoms. The molecule has 0 aromatic heterocycles. The summed E-state index contributed by atoms with van der Waals surface area (Å²) in [5, 5.41) is 17.7. The van der Waals surface area contributed by atoms with Crippen LogP contribution in [0.25, 0.3) is 0 Å². The van der Waals surface area contributed by atoms with Gasteiger partial charge in [-0.15, -0.1) is 0 Å². The Kier molecular flexibility index (Phi) is 274. The number of hydrogen-bond acceptors (Lipinski definition) is 6. The summed E-state index contributed by atoms with van der Waals surface area (Å²) in [7, 11) is 0. The van der Waals surface area contributed by atoms with Crippen LogP contribution in [-0.4, -0.2) is 49.3 Å². The smallest absolute Gasteiger partial charge is 0.0346 e. The van der Waals surface area contributed by atoms with Crippen LogP contribution in [0.3, 0.4) is 0 Å². The quantitative estimate of drug-likeness (QED) is 0.190. The minimum Gasteiger partial charge on any atom is -0.665 e. The molecular weight excluding hydrogens is 349 g/mol. The molecule has 1 radical (unpaired) electrons. The van der Waals surface area contributed by atoms with Crippen molar-refractivity contribution < 1.29 is 62.1 Å². The topological polar surface area (TPSA) is 185 Å². The zero-order valence-electron chi connectivity index (χ0n) is 8.67. The van der Waals surface area contributed by atoms with Crippen molar-refractivity contribution in [3.05, 3.63) is 0 Å². The normalized spacial score (nSPS) is 4.50. The molecule has 0 aromatic rings. The maximum Gasteiger partial charge on any atom is 0.0346 e. The molecule has 0 fully saturated rings. The molecular formula is C9H24N4O6Y-4. The van der Waals surface area contributed by atoms with Crippen LogP contribution in [0.1, 0.15) is 22.3 Å². The van der Waals surface area contributed by atoms with Crippen LogP contribution in [0.2, 0.25) is 0 Å². The van der Waals surface area contributed by atoms with Gasteiger partial charge in [0.1, 0.15) is 0 Å². The molecule has 0 atom stereocenters. The van der Waals surface area contributed by atoms with Crippen LogP contribution >= 0.6 is 0 Å². The molecule has 0 aliphatic rings. The number of rotatable bonds is 4. The van der Waals surface area contributed by atoms with Crippen molar-refractivity contribution in [3.63, 3.8) is 0 Å². The van der Waals surface area contributed by atoms with E-state index in [2.05, 4.69) is 10.6 Å². The van der Waals surface area contributed by atoms with Crippen LogP contribution in [-0.2, 0) is 51.9 Å². The summed E-state index contributed by atoms with van der Waals surface area (Å²) in [5.41, 5.74) is 9.53. The second kappa shape index (κ2) is 107. The van der Waals surface area contributed by atoms with Crippen molar-refractivity contribution in [1.29, 1.82) is 0 Å². The predicted molar refractivity (Wildman–Crippen MR) is 72.6 cm³/mol. The largest absolute Gasteiger partial charge is 0.665 e. The van der Waals surface area contributed by atoms with E-state index < -0.39 is 0 Å². The number of nitrogens with one attached hydrogen (secondary N) is 2. The first-order valence-electron chi connectivity index (χ1n) is 3.29. The van der Waals surface area contributed by atoms with Crippen LogP contribution in [0.4, 0.5) is 0 Å². The van der Waals surface area contributed by atoms with E-state index >= 15 is 0 Å². The third-order valence-electron chi connectivity index (χ3n) is 0.348. The Balaban J connectivity index is -0.0000000154. The summed E-state index contributed by atoms with van der Waals surface area (Å²) in [6.45, 7) is 1.34. The molecule has 0 rings (SSSR count). The fourth-order valence-electron chi connectivity index (χ4n) is 0.0833. The van der Waals surface area contributed by atoms with Gasteiger partial charge in [0.15, 0.2) is 0 Å². The second-order valence-corrected chi connectivity index (χ2v) is 1.15. The van der Waals surface area contributed by atoms with E-state index in [4.69, 9.17) is 40.9 Å². The minimum absolute atomic E-state index is 0. The zero-order chi connectivity index (χ0) is 13.7. The maximum atomic E-state index is 9.09. The van der Waals surface area contributed by atoms with Gasteiger partial charge in [-0.2, -0.15) is 12.8 Å². The van der Waals surface area contributed by atoms with Gasteiger partial charge >= 0.3 is 0 Å². The number of carbonyl (C=O) groups excluding carboxylic acids is 2. The second-order valence-electron chi connectivity index (χ2n) is 1.15. The van der Waals surface area contributed by atoms with E-state index in [1.54, 1.807) is 0 Å². The summed E-state index contributed by atoms with van der Waals surface area (Å²) >= 11 is 0. The summed E-state index contributed by atoms with van der Waals surface area (Å²) in [6.07, 6.45) is 2.78. The molecule has 0 aliphatic heterocycles. The van der Waals surface area contributed by atoms with Crippen molar-refractivity contribution in [1.82, 2.24) is 10.6 Å². The van der Waals surface area contributed by atoms with Gasteiger partial charge in [0.25, 0.3) is 0 Å². The van der Waals surface area contributed by atoms with Crippen molar-refractivity contribution >= 4 is 25.8 Å². The van der Waals surface area contributed by atoms with Gasteiger partial charge in [-0.25, -0.2) is 0 Å². The number of aliphatic hydroxyl groups excluding tert-OH is 2. The molecule has 2 amide bonds. The van der Waals surface area contributed by atoms with Crippen molar-refractivity contribution in [2.75, 3.05) is 13.3 Å². The molecule has 0 saturated heterocycles. The summed E-state index contributed by atoms with van der Waals surface area (Å²) in [4.78, 5) is 34.6. The Bertz CT molecular complexity index is 138. The SMILES string of the molecule is C.C.C.NCN[C-]=O.NCN[C-]=O.O=[C-]O.O=[C-]O.[Y]. The van der Waals surface area contributed by atoms with Crippen LogP contribution in [0.5, 0.6) is 0 Å². The average molecular weight is 373 g/mol. The first-order valence-corrected chi connectivity index (χ1v) is 3.29. The minimum atomic E-state index is 0. The van der Waals surface area contributed by atoms with Crippen LogP contribution in [0.15, 0.2) is 0 Å². The number of amides is 2. The monoisotopic (exact) mass is 373 g/mol. The van der Waals surface area contributed by atoms with E-state index in [9.17, 15) is 0 Å².